The fourth-order valence-corrected chi connectivity index (χ4v) is 4.10. The van der Waals surface area contributed by atoms with Crippen LogP contribution >= 0.6 is 23.6 Å². The van der Waals surface area contributed by atoms with Gasteiger partial charge in [-0.15, -0.1) is 0 Å². The lowest BCUT2D eigenvalue weighted by atomic mass is 10.1. The standard InChI is InChI=1S/C23H19N3S2/c27-22(24-16-17-10-4-1-5-11-17)26-23-25-20(18-12-6-2-7-13-18)21(28-23)19-14-8-3-9-15-19/h1-15H,16H2,(H2,24,25,26,27). The second kappa shape index (κ2) is 8.78. The van der Waals surface area contributed by atoms with Crippen molar-refractivity contribution in [2.45, 2.75) is 6.54 Å². The van der Waals surface area contributed by atoms with Crippen LogP contribution in [-0.4, -0.2) is 10.1 Å². The summed E-state index contributed by atoms with van der Waals surface area (Å²) in [4.78, 5) is 5.96. The van der Waals surface area contributed by atoms with Crippen LogP contribution in [0, 0.1) is 0 Å². The fourth-order valence-electron chi connectivity index (χ4n) is 2.87. The van der Waals surface area contributed by atoms with E-state index in [0.717, 1.165) is 26.8 Å². The molecule has 2 N–H and O–H groups in total. The molecule has 4 rings (SSSR count). The largest absolute Gasteiger partial charge is 0.358 e. The Hall–Kier alpha value is -3.02. The van der Waals surface area contributed by atoms with Crippen LogP contribution in [0.15, 0.2) is 91.0 Å². The predicted octanol–water partition coefficient (Wildman–Crippen LogP) is 5.96. The lowest BCUT2D eigenvalue weighted by Gasteiger charge is -2.08. The van der Waals surface area contributed by atoms with E-state index in [0.29, 0.717) is 11.7 Å². The minimum atomic E-state index is 0.567. The molecule has 0 unspecified atom stereocenters. The molecule has 0 atom stereocenters. The van der Waals surface area contributed by atoms with Gasteiger partial charge in [0.05, 0.1) is 10.6 Å². The number of aromatic nitrogens is 1. The number of hydrogen-bond donors (Lipinski definition) is 2. The van der Waals surface area contributed by atoms with E-state index in [9.17, 15) is 0 Å². The molecule has 0 fully saturated rings. The summed E-state index contributed by atoms with van der Waals surface area (Å²) in [5.41, 5.74) is 4.38. The second-order valence-corrected chi connectivity index (χ2v) is 7.63. The van der Waals surface area contributed by atoms with Crippen LogP contribution in [0.25, 0.3) is 21.7 Å². The zero-order chi connectivity index (χ0) is 19.2. The Labute approximate surface area is 174 Å². The Kier molecular flexibility index (Phi) is 5.75. The van der Waals surface area contributed by atoms with Crippen molar-refractivity contribution >= 4 is 33.8 Å². The van der Waals surface area contributed by atoms with Crippen LogP contribution in [0.4, 0.5) is 5.13 Å². The number of thiocarbonyl (C=S) groups is 1. The van der Waals surface area contributed by atoms with E-state index >= 15 is 0 Å². The normalized spacial score (nSPS) is 10.4. The Balaban J connectivity index is 1.56. The molecule has 0 aliphatic heterocycles. The molecule has 0 saturated carbocycles. The Bertz CT molecular complexity index is 988. The van der Waals surface area contributed by atoms with Crippen LogP contribution < -0.4 is 10.6 Å². The summed E-state index contributed by atoms with van der Waals surface area (Å²) in [5, 5.41) is 7.83. The molecule has 3 nitrogen and oxygen atoms in total. The van der Waals surface area contributed by atoms with Crippen molar-refractivity contribution in [1.82, 2.24) is 10.3 Å². The van der Waals surface area contributed by atoms with Gasteiger partial charge < -0.3 is 10.6 Å². The van der Waals surface area contributed by atoms with Crippen LogP contribution in [0.3, 0.4) is 0 Å². The number of anilines is 1. The molecule has 0 radical (unpaired) electrons. The van der Waals surface area contributed by atoms with Gasteiger partial charge in [0.2, 0.25) is 0 Å². The minimum Gasteiger partial charge on any atom is -0.358 e. The van der Waals surface area contributed by atoms with Crippen molar-refractivity contribution in [2.24, 2.45) is 0 Å². The molecule has 3 aromatic carbocycles. The van der Waals surface area contributed by atoms with Crippen LogP contribution in [-0.2, 0) is 6.54 Å². The first-order valence-electron chi connectivity index (χ1n) is 9.00. The molecule has 0 spiro atoms. The van der Waals surface area contributed by atoms with Gasteiger partial charge in [-0.3, -0.25) is 0 Å². The van der Waals surface area contributed by atoms with Crippen molar-refractivity contribution in [1.29, 1.82) is 0 Å². The predicted molar refractivity (Wildman–Crippen MR) is 122 cm³/mol. The first-order valence-corrected chi connectivity index (χ1v) is 10.2. The first-order chi connectivity index (χ1) is 13.8. The van der Waals surface area contributed by atoms with Crippen LogP contribution in [0.1, 0.15) is 5.56 Å². The van der Waals surface area contributed by atoms with E-state index in [1.54, 1.807) is 11.3 Å². The van der Waals surface area contributed by atoms with Crippen LogP contribution in [0.5, 0.6) is 0 Å². The average molecular weight is 402 g/mol. The molecule has 0 saturated heterocycles. The van der Waals surface area contributed by atoms with Gasteiger partial charge in [-0.2, -0.15) is 0 Å². The maximum atomic E-state index is 5.47. The van der Waals surface area contributed by atoms with Crippen LogP contribution in [0.2, 0.25) is 0 Å². The zero-order valence-corrected chi connectivity index (χ0v) is 16.8. The van der Waals surface area contributed by atoms with Gasteiger partial charge in [0.15, 0.2) is 10.2 Å². The first kappa shape index (κ1) is 18.3. The minimum absolute atomic E-state index is 0.567. The molecule has 28 heavy (non-hydrogen) atoms. The fraction of sp³-hybridized carbons (Fsp3) is 0.0435. The number of nitrogens with zero attached hydrogens (tertiary/aromatic N) is 1. The molecular weight excluding hydrogens is 382 g/mol. The van der Waals surface area contributed by atoms with Crippen molar-refractivity contribution in [3.8, 4) is 21.7 Å². The van der Waals surface area contributed by atoms with Gasteiger partial charge in [-0.25, -0.2) is 4.98 Å². The Morgan fingerprint density at radius 2 is 1.36 bits per heavy atom. The summed E-state index contributed by atoms with van der Waals surface area (Å²) in [6.07, 6.45) is 0. The lowest BCUT2D eigenvalue weighted by molar-refractivity contribution is 0.925. The van der Waals surface area contributed by atoms with Gasteiger partial charge >= 0.3 is 0 Å². The summed E-state index contributed by atoms with van der Waals surface area (Å²) in [5.74, 6) is 0. The lowest BCUT2D eigenvalue weighted by Crippen LogP contribution is -2.27. The highest BCUT2D eigenvalue weighted by molar-refractivity contribution is 7.80. The third-order valence-electron chi connectivity index (χ3n) is 4.23. The monoisotopic (exact) mass is 401 g/mol. The topological polar surface area (TPSA) is 37.0 Å². The Morgan fingerprint density at radius 1 is 0.786 bits per heavy atom. The molecule has 5 heteroatoms. The second-order valence-electron chi connectivity index (χ2n) is 6.22. The molecule has 0 bridgehead atoms. The summed E-state index contributed by atoms with van der Waals surface area (Å²) in [6, 6.07) is 30.7. The smallest absolute Gasteiger partial charge is 0.190 e. The van der Waals surface area contributed by atoms with E-state index < -0.39 is 0 Å². The molecule has 0 amide bonds. The van der Waals surface area contributed by atoms with Crippen molar-refractivity contribution in [3.63, 3.8) is 0 Å². The number of thiazole rings is 1. The quantitative estimate of drug-likeness (QED) is 0.404. The summed E-state index contributed by atoms with van der Waals surface area (Å²) >= 11 is 7.07. The maximum absolute atomic E-state index is 5.47. The average Bonchev–Trinajstić information content (AvgIpc) is 3.18. The highest BCUT2D eigenvalue weighted by Crippen LogP contribution is 2.38. The van der Waals surface area contributed by atoms with Gasteiger partial charge in [0, 0.05) is 12.1 Å². The molecule has 138 valence electrons. The van der Waals surface area contributed by atoms with Gasteiger partial charge in [0.25, 0.3) is 0 Å². The summed E-state index contributed by atoms with van der Waals surface area (Å²) in [7, 11) is 0. The highest BCUT2D eigenvalue weighted by Gasteiger charge is 2.15. The molecule has 1 heterocycles. The number of nitrogens with one attached hydrogen (secondary N) is 2. The molecular formula is C23H19N3S2. The Morgan fingerprint density at radius 3 is 2.00 bits per heavy atom. The third-order valence-corrected chi connectivity index (χ3v) is 5.49. The molecule has 1 aromatic heterocycles. The van der Waals surface area contributed by atoms with E-state index in [2.05, 4.69) is 47.0 Å². The third kappa shape index (κ3) is 4.44. The SMILES string of the molecule is S=C(NCc1ccccc1)Nc1nc(-c2ccccc2)c(-c2ccccc2)s1. The number of benzene rings is 3. The number of hydrogen-bond acceptors (Lipinski definition) is 3. The van der Waals surface area contributed by atoms with E-state index in [1.807, 2.05) is 54.6 Å². The van der Waals surface area contributed by atoms with E-state index in [-0.39, 0.29) is 0 Å². The van der Waals surface area contributed by atoms with Crippen molar-refractivity contribution < 1.29 is 0 Å². The van der Waals surface area contributed by atoms with E-state index in [1.165, 1.54) is 5.56 Å². The molecule has 0 aliphatic rings. The van der Waals surface area contributed by atoms with Crippen molar-refractivity contribution in [3.05, 3.63) is 96.6 Å². The molecule has 0 aliphatic carbocycles. The highest BCUT2D eigenvalue weighted by atomic mass is 32.1. The van der Waals surface area contributed by atoms with Gasteiger partial charge in [-0.05, 0) is 23.3 Å². The van der Waals surface area contributed by atoms with E-state index in [4.69, 9.17) is 17.2 Å². The summed E-state index contributed by atoms with van der Waals surface area (Å²) < 4.78 is 0. The summed E-state index contributed by atoms with van der Waals surface area (Å²) in [6.45, 7) is 0.676. The number of rotatable bonds is 5. The van der Waals surface area contributed by atoms with Gasteiger partial charge in [0.1, 0.15) is 0 Å². The maximum Gasteiger partial charge on any atom is 0.190 e. The molecule has 4 aromatic rings. The van der Waals surface area contributed by atoms with Gasteiger partial charge in [-0.1, -0.05) is 102 Å². The zero-order valence-electron chi connectivity index (χ0n) is 15.1. The van der Waals surface area contributed by atoms with Crippen molar-refractivity contribution in [2.75, 3.05) is 5.32 Å².